The molecule has 0 aromatic carbocycles. The maximum absolute atomic E-state index is 11.3. The van der Waals surface area contributed by atoms with E-state index in [4.69, 9.17) is 10.8 Å². The van der Waals surface area contributed by atoms with E-state index in [0.29, 0.717) is 0 Å². The number of aliphatic hydroxyl groups excluding tert-OH is 3. The number of ether oxygens (including phenoxy) is 1. The predicted molar refractivity (Wildman–Crippen MR) is 56.9 cm³/mol. The van der Waals surface area contributed by atoms with E-state index in [2.05, 4.69) is 16.7 Å². The van der Waals surface area contributed by atoms with Crippen molar-refractivity contribution in [2.45, 2.75) is 30.0 Å². The molecule has 2 saturated heterocycles. The smallest absolute Gasteiger partial charge is 0.391 e. The van der Waals surface area contributed by atoms with Crippen LogP contribution in [-0.2, 0) is 37.5 Å². The largest absolute Gasteiger partial charge is 0.420 e. The number of nitrogens with two attached hydrogens (primary N) is 1. The van der Waals surface area contributed by atoms with Crippen molar-refractivity contribution in [2.24, 2.45) is 5.73 Å². The van der Waals surface area contributed by atoms with Gasteiger partial charge in [-0.1, -0.05) is 0 Å². The predicted octanol–water partition coefficient (Wildman–Crippen LogP) is -5.05. The van der Waals surface area contributed by atoms with Gasteiger partial charge in [-0.3, -0.25) is 4.74 Å². The third-order valence-electron chi connectivity index (χ3n) is 2.73. The molecule has 0 spiro atoms. The van der Waals surface area contributed by atoms with Crippen molar-refractivity contribution < 1.29 is 54.0 Å². The summed E-state index contributed by atoms with van der Waals surface area (Å²) in [5.41, 5.74) is 5.26. The maximum atomic E-state index is 11.3. The van der Waals surface area contributed by atoms with Crippen LogP contribution in [0.5, 0.6) is 0 Å². The summed E-state index contributed by atoms with van der Waals surface area (Å²) >= 11 is 0. The lowest BCUT2D eigenvalue weighted by Gasteiger charge is -2.50. The lowest BCUT2D eigenvalue weighted by atomic mass is 9.94. The van der Waals surface area contributed by atoms with Gasteiger partial charge in [0.25, 0.3) is 0 Å². The van der Waals surface area contributed by atoms with E-state index >= 15 is 0 Å². The molecule has 0 radical (unpaired) electrons. The van der Waals surface area contributed by atoms with E-state index in [9.17, 15) is 32.2 Å². The van der Waals surface area contributed by atoms with Crippen LogP contribution in [-0.4, -0.2) is 73.9 Å². The van der Waals surface area contributed by atoms with Gasteiger partial charge < -0.3 is 26.2 Å². The molecule has 0 aromatic rings. The molecule has 0 amide bonds. The first kappa shape index (κ1) is 16.9. The van der Waals surface area contributed by atoms with Crippen molar-refractivity contribution in [1.29, 1.82) is 0 Å². The Kier molecular flexibility index (Phi) is 3.84. The molecule has 2 rings (SSSR count). The highest BCUT2D eigenvalue weighted by atomic mass is 32.3. The van der Waals surface area contributed by atoms with E-state index in [-0.39, 0.29) is 0 Å². The molecule has 6 N–H and O–H groups in total. The van der Waals surface area contributed by atoms with Crippen LogP contribution in [0.3, 0.4) is 0 Å². The van der Waals surface area contributed by atoms with Crippen LogP contribution in [0.2, 0.25) is 0 Å². The van der Waals surface area contributed by atoms with Gasteiger partial charge in [0.15, 0.2) is 0 Å². The fraction of sp³-hybridized carbons (Fsp3) is 1.00. The third-order valence-corrected chi connectivity index (χ3v) is 5.00. The average Bonchev–Trinajstić information content (AvgIpc) is 2.29. The van der Waals surface area contributed by atoms with Crippen LogP contribution in [0, 0.1) is 0 Å². The molecule has 0 aromatic heterocycles. The average molecular weight is 353 g/mol. The van der Waals surface area contributed by atoms with Crippen molar-refractivity contribution >= 4 is 20.8 Å². The SMILES string of the molecule is N[C@@H]1[C@@H](O)[C@H](O)[C@]2(CO)O[C@@]1(O)OS(=O)(=O)OS(=O)(=O)O2. The summed E-state index contributed by atoms with van der Waals surface area (Å²) < 4.78 is 61.3. The first-order valence-electron chi connectivity index (χ1n) is 5.14. The summed E-state index contributed by atoms with van der Waals surface area (Å²) in [7, 11) is -10.8. The molecule has 2 heterocycles. The van der Waals surface area contributed by atoms with Crippen molar-refractivity contribution in [2.75, 3.05) is 6.61 Å². The zero-order valence-corrected chi connectivity index (χ0v) is 11.5. The Balaban J connectivity index is 2.62. The van der Waals surface area contributed by atoms with Gasteiger partial charge in [-0.05, 0) is 0 Å². The fourth-order valence-corrected chi connectivity index (χ4v) is 3.80. The Morgan fingerprint density at radius 3 is 2.14 bits per heavy atom. The summed E-state index contributed by atoms with van der Waals surface area (Å²) in [5.74, 6) is -6.37. The van der Waals surface area contributed by atoms with Crippen LogP contribution in [0.1, 0.15) is 0 Å². The van der Waals surface area contributed by atoms with E-state index in [0.717, 1.165) is 0 Å². The van der Waals surface area contributed by atoms with E-state index in [1.165, 1.54) is 0 Å². The minimum absolute atomic E-state index is 1.44. The number of aliphatic hydroxyl groups is 4. The molecule has 21 heavy (non-hydrogen) atoms. The molecule has 0 saturated carbocycles. The second-order valence-corrected chi connectivity index (χ2v) is 6.73. The Labute approximate surface area is 118 Å². The van der Waals surface area contributed by atoms with Gasteiger partial charge in [-0.15, -0.1) is 3.63 Å². The molecule has 2 aliphatic heterocycles. The molecule has 0 aliphatic carbocycles. The molecular weight excluding hydrogens is 342 g/mol. The lowest BCUT2D eigenvalue weighted by Crippen LogP contribution is -2.76. The van der Waals surface area contributed by atoms with Crippen LogP contribution < -0.4 is 5.73 Å². The summed E-state index contributed by atoms with van der Waals surface area (Å²) in [6.45, 7) is -1.44. The molecule has 15 heteroatoms. The number of rotatable bonds is 1. The zero-order valence-electron chi connectivity index (χ0n) is 9.89. The van der Waals surface area contributed by atoms with Crippen molar-refractivity contribution in [3.05, 3.63) is 0 Å². The highest BCUT2D eigenvalue weighted by Gasteiger charge is 2.66. The first-order chi connectivity index (χ1) is 9.37. The Morgan fingerprint density at radius 2 is 1.62 bits per heavy atom. The van der Waals surface area contributed by atoms with E-state index < -0.39 is 57.4 Å². The van der Waals surface area contributed by atoms with Crippen molar-refractivity contribution in [3.8, 4) is 0 Å². The topological polar surface area (TPSA) is 212 Å². The molecular formula is C6H11NO12S2. The Bertz CT molecular complexity index is 630. The van der Waals surface area contributed by atoms with Crippen LogP contribution in [0.4, 0.5) is 0 Å². The van der Waals surface area contributed by atoms with Crippen LogP contribution in [0.15, 0.2) is 0 Å². The molecule has 2 bridgehead atoms. The fourth-order valence-electron chi connectivity index (χ4n) is 1.79. The first-order valence-corrected chi connectivity index (χ1v) is 7.80. The van der Waals surface area contributed by atoms with E-state index in [1.54, 1.807) is 0 Å². The molecule has 2 fully saturated rings. The van der Waals surface area contributed by atoms with E-state index in [1.807, 2.05) is 0 Å². The molecule has 124 valence electrons. The maximum Gasteiger partial charge on any atom is 0.420 e. The molecule has 5 atom stereocenters. The van der Waals surface area contributed by atoms with Crippen LogP contribution >= 0.6 is 0 Å². The van der Waals surface area contributed by atoms with Gasteiger partial charge in [0.2, 0.25) is 5.79 Å². The van der Waals surface area contributed by atoms with Gasteiger partial charge in [0.05, 0.1) is 0 Å². The van der Waals surface area contributed by atoms with Crippen LogP contribution in [0.25, 0.3) is 0 Å². The quantitative estimate of drug-likeness (QED) is 0.299. The standard InChI is InChI=1S/C6H11NO12S2/c7-3-2(9)4(10)5(1-8)16-6(3,11)18-21(14,15)19-20(12,13)17-5/h2-4,8-11H,1,7H2/t2-,3-,4+,5-,6-/m1/s1. The highest BCUT2D eigenvalue weighted by molar-refractivity contribution is 7.95. The van der Waals surface area contributed by atoms with Crippen molar-refractivity contribution in [3.63, 3.8) is 0 Å². The van der Waals surface area contributed by atoms with Gasteiger partial charge in [0, 0.05) is 0 Å². The van der Waals surface area contributed by atoms with Gasteiger partial charge >= 0.3 is 26.8 Å². The molecule has 2 aliphatic rings. The minimum atomic E-state index is -5.41. The summed E-state index contributed by atoms with van der Waals surface area (Å²) in [6.07, 6.45) is -4.47. The lowest BCUT2D eigenvalue weighted by molar-refractivity contribution is -0.460. The zero-order chi connectivity index (χ0) is 16.3. The third kappa shape index (κ3) is 2.78. The Hall–Kier alpha value is -0.460. The summed E-state index contributed by atoms with van der Waals surface area (Å²) in [4.78, 5) is 0. The van der Waals surface area contributed by atoms with Gasteiger partial charge in [-0.25, -0.2) is 4.18 Å². The molecule has 13 nitrogen and oxygen atoms in total. The molecule has 0 unspecified atom stereocenters. The number of fused-ring (bicyclic) bond motifs is 2. The normalized spacial score (nSPS) is 49.1. The minimum Gasteiger partial charge on any atom is -0.391 e. The van der Waals surface area contributed by atoms with Gasteiger partial charge in [0.1, 0.15) is 24.9 Å². The monoisotopic (exact) mass is 353 g/mol. The Morgan fingerprint density at radius 1 is 1.10 bits per heavy atom. The highest BCUT2D eigenvalue weighted by Crippen LogP contribution is 2.40. The second kappa shape index (κ2) is 4.77. The summed E-state index contributed by atoms with van der Waals surface area (Å²) in [6, 6.07) is -2.07. The number of hydrogen-bond acceptors (Lipinski definition) is 13. The number of hydrogen-bond donors (Lipinski definition) is 5. The summed E-state index contributed by atoms with van der Waals surface area (Å²) in [5, 5.41) is 38.4. The van der Waals surface area contributed by atoms with Crippen molar-refractivity contribution in [1.82, 2.24) is 0 Å². The van der Waals surface area contributed by atoms with Gasteiger partial charge in [-0.2, -0.15) is 21.0 Å². The second-order valence-electron chi connectivity index (χ2n) is 4.22.